The van der Waals surface area contributed by atoms with E-state index in [2.05, 4.69) is 0 Å². The molecule has 0 radical (unpaired) electrons. The van der Waals surface area contributed by atoms with Gasteiger partial charge in [-0.1, -0.05) is 50.2 Å². The third-order valence-electron chi connectivity index (χ3n) is 3.27. The average Bonchev–Trinajstić information content (AvgIpc) is 2.46. The lowest BCUT2D eigenvalue weighted by Crippen LogP contribution is -2.29. The predicted molar refractivity (Wildman–Crippen MR) is 80.7 cm³/mol. The lowest BCUT2D eigenvalue weighted by molar-refractivity contribution is -0.167. The summed E-state index contributed by atoms with van der Waals surface area (Å²) in [7, 11) is 0. The Balaban J connectivity index is 2.36. The van der Waals surface area contributed by atoms with E-state index in [0.717, 1.165) is 16.7 Å². The molecule has 5 heteroatoms. The number of carbonyl (C=O) groups excluding carboxylic acids is 1. The molecule has 2 rings (SSSR count). The first-order chi connectivity index (χ1) is 10.3. The second-order valence-corrected chi connectivity index (χ2v) is 5.27. The van der Waals surface area contributed by atoms with E-state index in [1.54, 1.807) is 12.1 Å². The number of hydrogen-bond acceptors (Lipinski definition) is 1. The van der Waals surface area contributed by atoms with Crippen LogP contribution in [0.3, 0.4) is 0 Å². The van der Waals surface area contributed by atoms with Gasteiger partial charge in [0.2, 0.25) is 0 Å². The third kappa shape index (κ3) is 3.67. The van der Waals surface area contributed by atoms with Gasteiger partial charge in [0, 0.05) is 5.69 Å². The summed E-state index contributed by atoms with van der Waals surface area (Å²) < 4.78 is 36.9. The van der Waals surface area contributed by atoms with Crippen molar-refractivity contribution in [2.45, 2.75) is 25.9 Å². The van der Waals surface area contributed by atoms with Crippen LogP contribution < -0.4 is 5.32 Å². The Bertz CT molecular complexity index is 678. The molecule has 22 heavy (non-hydrogen) atoms. The second-order valence-electron chi connectivity index (χ2n) is 5.27. The number of rotatable bonds is 3. The maximum atomic E-state index is 12.3. The molecule has 0 aliphatic carbocycles. The summed E-state index contributed by atoms with van der Waals surface area (Å²) in [5.74, 6) is -1.69. The molecule has 0 bridgehead atoms. The topological polar surface area (TPSA) is 29.1 Å². The van der Waals surface area contributed by atoms with E-state index in [4.69, 9.17) is 0 Å². The highest BCUT2D eigenvalue weighted by molar-refractivity contribution is 5.95. The molecule has 2 aromatic rings. The fourth-order valence-corrected chi connectivity index (χ4v) is 2.23. The molecular formula is C17H16F3NO. The number of halogens is 3. The minimum atomic E-state index is -4.90. The number of amides is 1. The number of nitrogens with one attached hydrogen (secondary N) is 1. The van der Waals surface area contributed by atoms with Crippen LogP contribution in [0.2, 0.25) is 0 Å². The van der Waals surface area contributed by atoms with Gasteiger partial charge in [-0.25, -0.2) is 0 Å². The molecule has 0 heterocycles. The van der Waals surface area contributed by atoms with Crippen molar-refractivity contribution in [1.82, 2.24) is 0 Å². The van der Waals surface area contributed by atoms with Gasteiger partial charge >= 0.3 is 12.1 Å². The van der Waals surface area contributed by atoms with Crippen LogP contribution >= 0.6 is 0 Å². The largest absolute Gasteiger partial charge is 0.471 e. The third-order valence-corrected chi connectivity index (χ3v) is 3.27. The summed E-state index contributed by atoms with van der Waals surface area (Å²) in [6, 6.07) is 14.1. The molecular weight excluding hydrogens is 291 g/mol. The van der Waals surface area contributed by atoms with Crippen molar-refractivity contribution < 1.29 is 18.0 Å². The fourth-order valence-electron chi connectivity index (χ4n) is 2.23. The van der Waals surface area contributed by atoms with Crippen LogP contribution in [0.1, 0.15) is 25.3 Å². The molecule has 0 fully saturated rings. The average molecular weight is 307 g/mol. The Labute approximate surface area is 127 Å². The first kappa shape index (κ1) is 16.1. The van der Waals surface area contributed by atoms with Gasteiger partial charge < -0.3 is 5.32 Å². The maximum Gasteiger partial charge on any atom is 0.471 e. The van der Waals surface area contributed by atoms with Crippen LogP contribution in [0.25, 0.3) is 11.1 Å². The van der Waals surface area contributed by atoms with Gasteiger partial charge in [0.25, 0.3) is 0 Å². The van der Waals surface area contributed by atoms with Crippen molar-refractivity contribution in [3.8, 4) is 11.1 Å². The zero-order valence-corrected chi connectivity index (χ0v) is 12.2. The molecule has 0 unspecified atom stereocenters. The first-order valence-corrected chi connectivity index (χ1v) is 6.86. The second kappa shape index (κ2) is 6.22. The Morgan fingerprint density at radius 2 is 1.73 bits per heavy atom. The summed E-state index contributed by atoms with van der Waals surface area (Å²) in [5, 5.41) is 1.88. The fraction of sp³-hybridized carbons (Fsp3) is 0.235. The van der Waals surface area contributed by atoms with Crippen LogP contribution in [-0.4, -0.2) is 12.1 Å². The van der Waals surface area contributed by atoms with Gasteiger partial charge in [0.05, 0.1) is 0 Å². The quantitative estimate of drug-likeness (QED) is 0.851. The zero-order valence-electron chi connectivity index (χ0n) is 12.2. The molecule has 1 N–H and O–H groups in total. The van der Waals surface area contributed by atoms with E-state index in [-0.39, 0.29) is 11.6 Å². The molecule has 0 saturated heterocycles. The monoisotopic (exact) mass is 307 g/mol. The Hall–Kier alpha value is -2.30. The van der Waals surface area contributed by atoms with E-state index < -0.39 is 12.1 Å². The molecule has 0 spiro atoms. The smallest absolute Gasteiger partial charge is 0.318 e. The molecule has 0 saturated carbocycles. The summed E-state index contributed by atoms with van der Waals surface area (Å²) in [5.41, 5.74) is 2.94. The Morgan fingerprint density at radius 1 is 1.05 bits per heavy atom. The number of hydrogen-bond donors (Lipinski definition) is 1. The van der Waals surface area contributed by atoms with E-state index in [1.807, 2.05) is 49.5 Å². The van der Waals surface area contributed by atoms with Crippen LogP contribution in [0.15, 0.2) is 48.5 Å². The molecule has 116 valence electrons. The van der Waals surface area contributed by atoms with Crippen molar-refractivity contribution >= 4 is 11.6 Å². The molecule has 1 amide bonds. The van der Waals surface area contributed by atoms with Gasteiger partial charge in [-0.05, 0) is 34.7 Å². The SMILES string of the molecule is CC(C)c1ccccc1-c1cccc(NC(=O)C(F)(F)F)c1. The zero-order chi connectivity index (χ0) is 16.3. The first-order valence-electron chi connectivity index (χ1n) is 6.86. The highest BCUT2D eigenvalue weighted by Crippen LogP contribution is 2.30. The van der Waals surface area contributed by atoms with Gasteiger partial charge in [-0.3, -0.25) is 4.79 Å². The van der Waals surface area contributed by atoms with Crippen LogP contribution in [0.5, 0.6) is 0 Å². The number of alkyl halides is 3. The Kier molecular flexibility index (Phi) is 4.54. The Morgan fingerprint density at radius 3 is 2.36 bits per heavy atom. The normalized spacial score (nSPS) is 11.5. The van der Waals surface area contributed by atoms with Crippen molar-refractivity contribution in [3.63, 3.8) is 0 Å². The summed E-state index contributed by atoms with van der Waals surface area (Å²) >= 11 is 0. The van der Waals surface area contributed by atoms with E-state index in [1.165, 1.54) is 6.07 Å². The molecule has 2 nitrogen and oxygen atoms in total. The van der Waals surface area contributed by atoms with Crippen molar-refractivity contribution in [2.24, 2.45) is 0 Å². The van der Waals surface area contributed by atoms with Gasteiger partial charge in [-0.15, -0.1) is 0 Å². The van der Waals surface area contributed by atoms with Gasteiger partial charge in [0.15, 0.2) is 0 Å². The van der Waals surface area contributed by atoms with Crippen LogP contribution in [0, 0.1) is 0 Å². The summed E-state index contributed by atoms with van der Waals surface area (Å²) in [4.78, 5) is 11.0. The molecule has 2 aromatic carbocycles. The van der Waals surface area contributed by atoms with Crippen LogP contribution in [0.4, 0.5) is 18.9 Å². The number of anilines is 1. The molecule has 0 atom stereocenters. The standard InChI is InChI=1S/C17H16F3NO/c1-11(2)14-8-3-4-9-15(14)12-6-5-7-13(10-12)21-16(22)17(18,19)20/h3-11H,1-2H3,(H,21,22). The van der Waals surface area contributed by atoms with Crippen molar-refractivity contribution in [1.29, 1.82) is 0 Å². The molecule has 0 aliphatic rings. The minimum Gasteiger partial charge on any atom is -0.318 e. The molecule has 0 aromatic heterocycles. The lowest BCUT2D eigenvalue weighted by Gasteiger charge is -2.14. The van der Waals surface area contributed by atoms with E-state index in [9.17, 15) is 18.0 Å². The van der Waals surface area contributed by atoms with E-state index >= 15 is 0 Å². The highest BCUT2D eigenvalue weighted by Gasteiger charge is 2.38. The van der Waals surface area contributed by atoms with Gasteiger partial charge in [0.1, 0.15) is 0 Å². The number of benzene rings is 2. The van der Waals surface area contributed by atoms with Crippen molar-refractivity contribution in [2.75, 3.05) is 5.32 Å². The lowest BCUT2D eigenvalue weighted by atomic mass is 9.92. The highest BCUT2D eigenvalue weighted by atomic mass is 19.4. The van der Waals surface area contributed by atoms with Crippen molar-refractivity contribution in [3.05, 3.63) is 54.1 Å². The number of carbonyl (C=O) groups is 1. The van der Waals surface area contributed by atoms with E-state index in [0.29, 0.717) is 0 Å². The maximum absolute atomic E-state index is 12.3. The minimum absolute atomic E-state index is 0.124. The molecule has 0 aliphatic heterocycles. The van der Waals surface area contributed by atoms with Crippen LogP contribution in [-0.2, 0) is 4.79 Å². The summed E-state index contributed by atoms with van der Waals surface area (Å²) in [6.07, 6.45) is -4.90. The van der Waals surface area contributed by atoms with Gasteiger partial charge in [-0.2, -0.15) is 13.2 Å². The summed E-state index contributed by atoms with van der Waals surface area (Å²) in [6.45, 7) is 4.10. The predicted octanol–water partition coefficient (Wildman–Crippen LogP) is 4.98.